The molecule has 0 aromatic rings. The number of nitrogens with zero attached hydrogens (tertiary/aromatic N) is 1. The van der Waals surface area contributed by atoms with Crippen molar-refractivity contribution in [2.45, 2.75) is 34.1 Å². The van der Waals surface area contributed by atoms with Crippen LogP contribution in [0.15, 0.2) is 0 Å². The maximum absolute atomic E-state index is 2.36. The van der Waals surface area contributed by atoms with Crippen molar-refractivity contribution in [1.82, 2.24) is 4.90 Å². The van der Waals surface area contributed by atoms with Crippen LogP contribution in [0, 0.1) is 17.8 Å². The van der Waals surface area contributed by atoms with Gasteiger partial charge in [-0.05, 0) is 38.3 Å². The van der Waals surface area contributed by atoms with E-state index in [1.54, 1.807) is 0 Å². The summed E-state index contributed by atoms with van der Waals surface area (Å²) in [5.74, 6) is 2.52. The highest BCUT2D eigenvalue weighted by Gasteiger charge is 2.12. The normalized spacial score (nSPS) is 17.0. The average molecular weight is 171 g/mol. The second-order valence-electron chi connectivity index (χ2n) is 4.82. The molecule has 0 N–H and O–H groups in total. The second-order valence-corrected chi connectivity index (χ2v) is 4.82. The van der Waals surface area contributed by atoms with Gasteiger partial charge in [0.1, 0.15) is 0 Å². The molecule has 0 radical (unpaired) electrons. The van der Waals surface area contributed by atoms with E-state index in [2.05, 4.69) is 46.7 Å². The summed E-state index contributed by atoms with van der Waals surface area (Å²) in [7, 11) is 4.30. The summed E-state index contributed by atoms with van der Waals surface area (Å²) in [6.45, 7) is 10.5. The lowest BCUT2D eigenvalue weighted by atomic mass is 9.88. The van der Waals surface area contributed by atoms with Crippen LogP contribution >= 0.6 is 0 Å². The maximum atomic E-state index is 2.36. The highest BCUT2D eigenvalue weighted by molar-refractivity contribution is 4.64. The molecule has 1 heteroatoms. The molecule has 1 nitrogen and oxygen atoms in total. The molecule has 0 amide bonds. The van der Waals surface area contributed by atoms with Gasteiger partial charge >= 0.3 is 0 Å². The van der Waals surface area contributed by atoms with E-state index in [1.807, 2.05) is 0 Å². The molecule has 0 rings (SSSR count). The standard InChI is InChI=1S/C11H25N/c1-9(2)11(4)7-10(3)8-12(5)6/h9-11H,7-8H2,1-6H3. The van der Waals surface area contributed by atoms with Crippen molar-refractivity contribution in [3.05, 3.63) is 0 Å². The summed E-state index contributed by atoms with van der Waals surface area (Å²) in [5, 5.41) is 0. The third kappa shape index (κ3) is 5.59. The Kier molecular flexibility index (Phi) is 5.56. The first-order chi connectivity index (χ1) is 5.43. The molecule has 0 bridgehead atoms. The van der Waals surface area contributed by atoms with Crippen molar-refractivity contribution in [1.29, 1.82) is 0 Å². The van der Waals surface area contributed by atoms with Crippen LogP contribution < -0.4 is 0 Å². The molecular weight excluding hydrogens is 146 g/mol. The van der Waals surface area contributed by atoms with Gasteiger partial charge in [0.05, 0.1) is 0 Å². The van der Waals surface area contributed by atoms with Crippen LogP contribution in [-0.4, -0.2) is 25.5 Å². The third-order valence-electron chi connectivity index (χ3n) is 2.59. The molecule has 0 aromatic carbocycles. The number of hydrogen-bond donors (Lipinski definition) is 0. The monoisotopic (exact) mass is 171 g/mol. The molecule has 0 aliphatic heterocycles. The average Bonchev–Trinajstić information content (AvgIpc) is 1.84. The van der Waals surface area contributed by atoms with Crippen LogP contribution in [-0.2, 0) is 0 Å². The Balaban J connectivity index is 3.61. The number of hydrogen-bond acceptors (Lipinski definition) is 1. The molecule has 0 heterocycles. The van der Waals surface area contributed by atoms with Gasteiger partial charge in [0.15, 0.2) is 0 Å². The molecule has 74 valence electrons. The lowest BCUT2D eigenvalue weighted by molar-refractivity contribution is 0.270. The Labute approximate surface area is 78.1 Å². The summed E-state index contributed by atoms with van der Waals surface area (Å²) >= 11 is 0. The van der Waals surface area contributed by atoms with E-state index in [0.29, 0.717) is 0 Å². The van der Waals surface area contributed by atoms with Crippen LogP contribution in [0.25, 0.3) is 0 Å². The van der Waals surface area contributed by atoms with E-state index in [9.17, 15) is 0 Å². The minimum atomic E-state index is 0.828. The summed E-state index contributed by atoms with van der Waals surface area (Å²) in [4.78, 5) is 2.28. The first kappa shape index (κ1) is 12.0. The molecule has 2 unspecified atom stereocenters. The van der Waals surface area contributed by atoms with E-state index in [1.165, 1.54) is 13.0 Å². The van der Waals surface area contributed by atoms with Gasteiger partial charge in [-0.3, -0.25) is 0 Å². The van der Waals surface area contributed by atoms with Crippen LogP contribution in [0.3, 0.4) is 0 Å². The molecule has 0 spiro atoms. The zero-order valence-electron chi connectivity index (χ0n) is 9.59. The second kappa shape index (κ2) is 5.58. The highest BCUT2D eigenvalue weighted by atomic mass is 15.1. The van der Waals surface area contributed by atoms with Crippen LogP contribution in [0.5, 0.6) is 0 Å². The van der Waals surface area contributed by atoms with Crippen LogP contribution in [0.2, 0.25) is 0 Å². The molecule has 2 atom stereocenters. The molecule has 0 aliphatic rings. The predicted molar refractivity (Wildman–Crippen MR) is 56.3 cm³/mol. The zero-order valence-corrected chi connectivity index (χ0v) is 9.59. The van der Waals surface area contributed by atoms with Crippen molar-refractivity contribution in [3.8, 4) is 0 Å². The summed E-state index contributed by atoms with van der Waals surface area (Å²) in [5.41, 5.74) is 0. The van der Waals surface area contributed by atoms with Crippen molar-refractivity contribution < 1.29 is 0 Å². The Bertz CT molecular complexity index is 108. The molecule has 0 fully saturated rings. The van der Waals surface area contributed by atoms with E-state index >= 15 is 0 Å². The maximum Gasteiger partial charge on any atom is 0.000102 e. The van der Waals surface area contributed by atoms with Crippen molar-refractivity contribution in [2.24, 2.45) is 17.8 Å². The van der Waals surface area contributed by atoms with Crippen LogP contribution in [0.1, 0.15) is 34.1 Å². The highest BCUT2D eigenvalue weighted by Crippen LogP contribution is 2.19. The summed E-state index contributed by atoms with van der Waals surface area (Å²) in [6.07, 6.45) is 1.36. The fourth-order valence-corrected chi connectivity index (χ4v) is 1.60. The topological polar surface area (TPSA) is 3.24 Å². The molecule has 0 aromatic heterocycles. The number of rotatable bonds is 5. The van der Waals surface area contributed by atoms with Gasteiger partial charge in [0, 0.05) is 6.54 Å². The van der Waals surface area contributed by atoms with Crippen molar-refractivity contribution in [3.63, 3.8) is 0 Å². The lowest BCUT2D eigenvalue weighted by Gasteiger charge is -2.22. The van der Waals surface area contributed by atoms with Gasteiger partial charge in [-0.1, -0.05) is 27.7 Å². The Morgan fingerprint density at radius 2 is 1.50 bits per heavy atom. The molecule has 12 heavy (non-hydrogen) atoms. The zero-order chi connectivity index (χ0) is 9.72. The van der Waals surface area contributed by atoms with Crippen molar-refractivity contribution >= 4 is 0 Å². The smallest absolute Gasteiger partial charge is 0.000102 e. The SMILES string of the molecule is CC(CC(C)C(C)C)CN(C)C. The quantitative estimate of drug-likeness (QED) is 0.615. The Hall–Kier alpha value is -0.0400. The minimum absolute atomic E-state index is 0.828. The largest absolute Gasteiger partial charge is 0.309 e. The fourth-order valence-electron chi connectivity index (χ4n) is 1.60. The van der Waals surface area contributed by atoms with E-state index in [-0.39, 0.29) is 0 Å². The first-order valence-corrected chi connectivity index (χ1v) is 5.08. The summed E-state index contributed by atoms with van der Waals surface area (Å²) < 4.78 is 0. The Morgan fingerprint density at radius 1 is 1.00 bits per heavy atom. The first-order valence-electron chi connectivity index (χ1n) is 5.08. The van der Waals surface area contributed by atoms with Gasteiger partial charge in [-0.2, -0.15) is 0 Å². The fraction of sp³-hybridized carbons (Fsp3) is 1.00. The third-order valence-corrected chi connectivity index (χ3v) is 2.59. The predicted octanol–water partition coefficient (Wildman–Crippen LogP) is 2.87. The molecular formula is C11H25N. The van der Waals surface area contributed by atoms with E-state index < -0.39 is 0 Å². The van der Waals surface area contributed by atoms with E-state index in [0.717, 1.165) is 17.8 Å². The van der Waals surface area contributed by atoms with Crippen LogP contribution in [0.4, 0.5) is 0 Å². The minimum Gasteiger partial charge on any atom is -0.309 e. The molecule has 0 aliphatic carbocycles. The lowest BCUT2D eigenvalue weighted by Crippen LogP contribution is -2.22. The Morgan fingerprint density at radius 3 is 1.83 bits per heavy atom. The van der Waals surface area contributed by atoms with Gasteiger partial charge in [-0.15, -0.1) is 0 Å². The van der Waals surface area contributed by atoms with Gasteiger partial charge in [0.25, 0.3) is 0 Å². The van der Waals surface area contributed by atoms with Gasteiger partial charge < -0.3 is 4.90 Å². The van der Waals surface area contributed by atoms with E-state index in [4.69, 9.17) is 0 Å². The van der Waals surface area contributed by atoms with Gasteiger partial charge in [0.2, 0.25) is 0 Å². The summed E-state index contributed by atoms with van der Waals surface area (Å²) in [6, 6.07) is 0. The van der Waals surface area contributed by atoms with Gasteiger partial charge in [-0.25, -0.2) is 0 Å². The molecule has 0 saturated heterocycles. The molecule has 0 saturated carbocycles. The van der Waals surface area contributed by atoms with Crippen molar-refractivity contribution in [2.75, 3.05) is 20.6 Å².